The molecule has 0 saturated heterocycles. The third kappa shape index (κ3) is 8.12. The van der Waals surface area contributed by atoms with E-state index >= 15 is 0 Å². The van der Waals surface area contributed by atoms with Crippen molar-refractivity contribution >= 4 is 27.5 Å². The van der Waals surface area contributed by atoms with Crippen molar-refractivity contribution in [3.8, 4) is 5.75 Å². The first-order valence-electron chi connectivity index (χ1n) is 14.1. The quantitative estimate of drug-likeness (QED) is 0.315. The van der Waals surface area contributed by atoms with Crippen LogP contribution in [0.25, 0.3) is 0 Å². The highest BCUT2D eigenvalue weighted by Crippen LogP contribution is 2.29. The minimum absolute atomic E-state index is 0.0843. The number of anilines is 1. The van der Waals surface area contributed by atoms with Crippen LogP contribution in [0.2, 0.25) is 0 Å². The maximum absolute atomic E-state index is 14.3. The molecular formula is C33H43N3O5S. The number of nitrogens with zero attached hydrogens (tertiary/aromatic N) is 2. The third-order valence-electron chi connectivity index (χ3n) is 6.92. The van der Waals surface area contributed by atoms with Crippen molar-refractivity contribution in [2.45, 2.75) is 77.9 Å². The Kier molecular flexibility index (Phi) is 10.4. The molecule has 0 aliphatic rings. The second-order valence-electron chi connectivity index (χ2n) is 11.6. The van der Waals surface area contributed by atoms with E-state index in [9.17, 15) is 18.0 Å². The van der Waals surface area contributed by atoms with E-state index in [-0.39, 0.29) is 17.3 Å². The van der Waals surface area contributed by atoms with Crippen LogP contribution in [0.4, 0.5) is 5.69 Å². The second-order valence-corrected chi connectivity index (χ2v) is 13.5. The normalized spacial score (nSPS) is 12.4. The van der Waals surface area contributed by atoms with Gasteiger partial charge in [-0.3, -0.25) is 13.9 Å². The van der Waals surface area contributed by atoms with Crippen LogP contribution >= 0.6 is 0 Å². The molecule has 0 aromatic heterocycles. The molecule has 3 aromatic rings. The lowest BCUT2D eigenvalue weighted by Gasteiger charge is -2.35. The Morgan fingerprint density at radius 2 is 1.50 bits per heavy atom. The molecule has 0 bridgehead atoms. The number of carbonyl (C=O) groups excluding carboxylic acids is 2. The predicted molar refractivity (Wildman–Crippen MR) is 167 cm³/mol. The second kappa shape index (κ2) is 13.4. The minimum atomic E-state index is -4.13. The van der Waals surface area contributed by atoms with Gasteiger partial charge < -0.3 is 15.0 Å². The maximum atomic E-state index is 14.3. The number of ether oxygens (including phenoxy) is 1. The molecule has 9 heteroatoms. The van der Waals surface area contributed by atoms with E-state index in [1.54, 1.807) is 49.6 Å². The zero-order valence-electron chi connectivity index (χ0n) is 25.9. The van der Waals surface area contributed by atoms with E-state index in [0.29, 0.717) is 23.4 Å². The van der Waals surface area contributed by atoms with Gasteiger partial charge >= 0.3 is 0 Å². The zero-order valence-corrected chi connectivity index (χ0v) is 26.7. The van der Waals surface area contributed by atoms with Crippen LogP contribution in [0.15, 0.2) is 71.6 Å². The molecule has 0 aliphatic heterocycles. The number of hydrogen-bond donors (Lipinski definition) is 1. The summed E-state index contributed by atoms with van der Waals surface area (Å²) in [5, 5.41) is 2.99. The predicted octanol–water partition coefficient (Wildman–Crippen LogP) is 5.54. The Morgan fingerprint density at radius 1 is 0.905 bits per heavy atom. The summed E-state index contributed by atoms with van der Waals surface area (Å²) in [6, 6.07) is 18.5. The lowest BCUT2D eigenvalue weighted by Crippen LogP contribution is -2.55. The number of carbonyl (C=O) groups is 2. The van der Waals surface area contributed by atoms with E-state index < -0.39 is 34.1 Å². The molecule has 0 aliphatic carbocycles. The fourth-order valence-electron chi connectivity index (χ4n) is 4.64. The highest BCUT2D eigenvalue weighted by atomic mass is 32.2. The van der Waals surface area contributed by atoms with Crippen LogP contribution < -0.4 is 14.4 Å². The van der Waals surface area contributed by atoms with Crippen molar-refractivity contribution in [3.05, 3.63) is 89.0 Å². The fourth-order valence-corrected chi connectivity index (χ4v) is 6.11. The molecule has 8 nitrogen and oxygen atoms in total. The van der Waals surface area contributed by atoms with Gasteiger partial charge in [-0.05, 0) is 95.0 Å². The van der Waals surface area contributed by atoms with Gasteiger partial charge in [0.1, 0.15) is 18.3 Å². The van der Waals surface area contributed by atoms with Gasteiger partial charge in [-0.15, -0.1) is 0 Å². The van der Waals surface area contributed by atoms with Crippen LogP contribution in [-0.2, 0) is 26.2 Å². The standard InChI is InChI=1S/C33H43N3O5S/c1-9-29(32(38)34-33(5,6)7)35(21-26-14-16-27(41-8)17-15-26)31(37)22-36(30-20-24(3)10-13-25(30)4)42(39,40)28-18-11-23(2)12-19-28/h10-20,29H,9,21-22H2,1-8H3,(H,34,38). The van der Waals surface area contributed by atoms with E-state index in [4.69, 9.17) is 4.74 Å². The van der Waals surface area contributed by atoms with Gasteiger partial charge in [0.25, 0.3) is 10.0 Å². The molecule has 0 saturated carbocycles. The Hall–Kier alpha value is -3.85. The van der Waals surface area contributed by atoms with Crippen LogP contribution in [-0.4, -0.2) is 50.4 Å². The average Bonchev–Trinajstić information content (AvgIpc) is 2.92. The molecule has 3 aromatic carbocycles. The van der Waals surface area contributed by atoms with Crippen molar-refractivity contribution in [2.75, 3.05) is 18.0 Å². The Bertz CT molecular complexity index is 1490. The maximum Gasteiger partial charge on any atom is 0.264 e. The summed E-state index contributed by atoms with van der Waals surface area (Å²) in [4.78, 5) is 29.3. The summed E-state index contributed by atoms with van der Waals surface area (Å²) in [6.07, 6.45) is 0.345. The Balaban J connectivity index is 2.11. The third-order valence-corrected chi connectivity index (χ3v) is 8.69. The first kappa shape index (κ1) is 32.7. The number of hydrogen-bond acceptors (Lipinski definition) is 5. The lowest BCUT2D eigenvalue weighted by molar-refractivity contribution is -0.141. The van der Waals surface area contributed by atoms with Gasteiger partial charge in [-0.25, -0.2) is 8.42 Å². The van der Waals surface area contributed by atoms with Crippen LogP contribution in [0.3, 0.4) is 0 Å². The van der Waals surface area contributed by atoms with Gasteiger partial charge in [0.05, 0.1) is 17.7 Å². The SMILES string of the molecule is CCC(C(=O)NC(C)(C)C)N(Cc1ccc(OC)cc1)C(=O)CN(c1cc(C)ccc1C)S(=O)(=O)c1ccc(C)cc1. The molecule has 0 spiro atoms. The number of rotatable bonds is 11. The van der Waals surface area contributed by atoms with Gasteiger partial charge in [0.15, 0.2) is 0 Å². The summed E-state index contributed by atoms with van der Waals surface area (Å²) in [7, 11) is -2.56. The van der Waals surface area contributed by atoms with Gasteiger partial charge in [0.2, 0.25) is 11.8 Å². The Morgan fingerprint density at radius 3 is 2.05 bits per heavy atom. The molecule has 1 atom stereocenters. The number of aryl methyl sites for hydroxylation is 3. The van der Waals surface area contributed by atoms with Gasteiger partial charge in [-0.1, -0.05) is 48.9 Å². The highest BCUT2D eigenvalue weighted by Gasteiger charge is 2.35. The fraction of sp³-hybridized carbons (Fsp3) is 0.394. The largest absolute Gasteiger partial charge is 0.497 e. The number of benzene rings is 3. The minimum Gasteiger partial charge on any atom is -0.497 e. The van der Waals surface area contributed by atoms with Crippen LogP contribution in [0.5, 0.6) is 5.75 Å². The average molecular weight is 594 g/mol. The summed E-state index contributed by atoms with van der Waals surface area (Å²) in [5.41, 5.74) is 3.18. The van der Waals surface area contributed by atoms with Crippen LogP contribution in [0, 0.1) is 20.8 Å². The molecule has 0 radical (unpaired) electrons. The lowest BCUT2D eigenvalue weighted by atomic mass is 10.1. The van der Waals surface area contributed by atoms with Gasteiger partial charge in [0, 0.05) is 12.1 Å². The van der Waals surface area contributed by atoms with Crippen molar-refractivity contribution in [1.29, 1.82) is 0 Å². The molecule has 0 heterocycles. The molecule has 2 amide bonds. The monoisotopic (exact) mass is 593 g/mol. The van der Waals surface area contributed by atoms with Crippen molar-refractivity contribution in [3.63, 3.8) is 0 Å². The first-order valence-corrected chi connectivity index (χ1v) is 15.5. The zero-order chi connectivity index (χ0) is 31.2. The van der Waals surface area contributed by atoms with E-state index in [1.165, 1.54) is 4.90 Å². The molecule has 3 rings (SSSR count). The van der Waals surface area contributed by atoms with Gasteiger partial charge in [-0.2, -0.15) is 0 Å². The van der Waals surface area contributed by atoms with E-state index in [2.05, 4.69) is 5.32 Å². The molecule has 1 unspecified atom stereocenters. The molecule has 42 heavy (non-hydrogen) atoms. The number of amides is 2. The highest BCUT2D eigenvalue weighted by molar-refractivity contribution is 7.92. The van der Waals surface area contributed by atoms with E-state index in [0.717, 1.165) is 21.0 Å². The molecule has 1 N–H and O–H groups in total. The molecule has 226 valence electrons. The van der Waals surface area contributed by atoms with Crippen LogP contribution in [0.1, 0.15) is 56.4 Å². The van der Waals surface area contributed by atoms with E-state index in [1.807, 2.05) is 72.7 Å². The summed E-state index contributed by atoms with van der Waals surface area (Å²) >= 11 is 0. The van der Waals surface area contributed by atoms with Crippen molar-refractivity contribution in [1.82, 2.24) is 10.2 Å². The molecule has 0 fully saturated rings. The number of methoxy groups -OCH3 is 1. The first-order chi connectivity index (χ1) is 19.7. The van der Waals surface area contributed by atoms with Crippen molar-refractivity contribution < 1.29 is 22.7 Å². The smallest absolute Gasteiger partial charge is 0.264 e. The molecular weight excluding hydrogens is 550 g/mol. The number of sulfonamides is 1. The summed E-state index contributed by atoms with van der Waals surface area (Å²) in [6.45, 7) is 12.7. The summed E-state index contributed by atoms with van der Waals surface area (Å²) < 4.78 is 34.7. The topological polar surface area (TPSA) is 96.0 Å². The number of nitrogens with one attached hydrogen (secondary N) is 1. The Labute approximate surface area is 250 Å². The van der Waals surface area contributed by atoms with Crippen molar-refractivity contribution in [2.24, 2.45) is 0 Å². The summed E-state index contributed by atoms with van der Waals surface area (Å²) in [5.74, 6) is -0.121.